The van der Waals surface area contributed by atoms with Crippen LogP contribution in [0.2, 0.25) is 0 Å². The van der Waals surface area contributed by atoms with Gasteiger partial charge < -0.3 is 19.6 Å². The van der Waals surface area contributed by atoms with Crippen LogP contribution in [0.3, 0.4) is 0 Å². The van der Waals surface area contributed by atoms with Crippen molar-refractivity contribution in [3.63, 3.8) is 0 Å². The second-order valence-corrected chi connectivity index (χ2v) is 6.52. The number of hydrogen-bond acceptors (Lipinski definition) is 6. The number of nitrogens with zero attached hydrogens (tertiary/aromatic N) is 2. The summed E-state index contributed by atoms with van der Waals surface area (Å²) in [5.74, 6) is -0.0106. The molecule has 7 heteroatoms. The monoisotopic (exact) mass is 411 g/mol. The molecular formula is C24H17N3O4. The van der Waals surface area contributed by atoms with Crippen molar-refractivity contribution in [3.05, 3.63) is 96.0 Å². The van der Waals surface area contributed by atoms with Crippen LogP contribution in [-0.4, -0.2) is 27.7 Å². The number of aliphatic hydroxyl groups is 1. The average molecular weight is 411 g/mol. The lowest BCUT2D eigenvalue weighted by atomic mass is 10.2. The molecule has 1 heterocycles. The number of nitrogens with one attached hydrogen (secondary N) is 1. The van der Waals surface area contributed by atoms with Gasteiger partial charge in [-0.15, -0.1) is 0 Å². The van der Waals surface area contributed by atoms with Crippen LogP contribution in [0.5, 0.6) is 11.5 Å². The highest BCUT2D eigenvalue weighted by Crippen LogP contribution is 2.26. The lowest BCUT2D eigenvalue weighted by Gasteiger charge is -2.11. The Morgan fingerprint density at radius 1 is 1.00 bits per heavy atom. The van der Waals surface area contributed by atoms with Crippen molar-refractivity contribution in [1.82, 2.24) is 9.97 Å². The number of rotatable bonds is 6. The second kappa shape index (κ2) is 8.84. The Labute approximate surface area is 177 Å². The molecule has 31 heavy (non-hydrogen) atoms. The lowest BCUT2D eigenvalue weighted by Crippen LogP contribution is -2.10. The number of aromatic nitrogens is 2. The molecule has 152 valence electrons. The number of H-pyrrole nitrogens is 1. The number of allylic oxidation sites excluding steroid dienone is 1. The molecule has 0 saturated heterocycles. The van der Waals surface area contributed by atoms with Crippen molar-refractivity contribution in [2.75, 3.05) is 6.61 Å². The van der Waals surface area contributed by atoms with Crippen LogP contribution in [0.4, 0.5) is 0 Å². The number of aliphatic hydroxyl groups excluding tert-OH is 1. The zero-order valence-electron chi connectivity index (χ0n) is 16.3. The Morgan fingerprint density at radius 2 is 1.71 bits per heavy atom. The molecule has 4 aromatic rings. The van der Waals surface area contributed by atoms with E-state index in [1.807, 2.05) is 42.5 Å². The Kier molecular flexibility index (Phi) is 5.63. The fraction of sp³-hybridized carbons (Fsp3) is 0.0417. The molecule has 0 radical (unpaired) electrons. The first kappa shape index (κ1) is 19.7. The van der Waals surface area contributed by atoms with Crippen LogP contribution in [0.1, 0.15) is 16.2 Å². The van der Waals surface area contributed by atoms with Gasteiger partial charge in [-0.1, -0.05) is 42.5 Å². The first-order valence-electron chi connectivity index (χ1n) is 9.42. The predicted molar refractivity (Wildman–Crippen MR) is 114 cm³/mol. The van der Waals surface area contributed by atoms with E-state index in [1.165, 1.54) is 0 Å². The maximum Gasteiger partial charge on any atom is 0.342 e. The van der Waals surface area contributed by atoms with E-state index in [0.717, 1.165) is 5.52 Å². The van der Waals surface area contributed by atoms with E-state index in [1.54, 1.807) is 42.5 Å². The summed E-state index contributed by atoms with van der Waals surface area (Å²) in [6.45, 7) is -0.488. The van der Waals surface area contributed by atoms with Crippen LogP contribution < -0.4 is 4.74 Å². The fourth-order valence-electron chi connectivity index (χ4n) is 2.95. The first-order valence-corrected chi connectivity index (χ1v) is 9.42. The van der Waals surface area contributed by atoms with E-state index < -0.39 is 18.3 Å². The molecule has 2 N–H and O–H groups in total. The molecule has 0 aliphatic heterocycles. The summed E-state index contributed by atoms with van der Waals surface area (Å²) < 4.78 is 11.0. The third kappa shape index (κ3) is 4.38. The maximum absolute atomic E-state index is 12.6. The van der Waals surface area contributed by atoms with Crippen molar-refractivity contribution in [2.45, 2.75) is 0 Å². The molecule has 0 saturated carbocycles. The van der Waals surface area contributed by atoms with E-state index in [-0.39, 0.29) is 17.0 Å². The predicted octanol–water partition coefficient (Wildman–Crippen LogP) is 5.00. The topological polar surface area (TPSA) is 108 Å². The largest absolute Gasteiger partial charge is 0.507 e. The number of carbonyl (C=O) groups is 1. The van der Waals surface area contributed by atoms with Gasteiger partial charge in [-0.2, -0.15) is 5.26 Å². The molecule has 4 rings (SSSR count). The maximum atomic E-state index is 12.6. The Hall–Kier alpha value is -4.57. The number of fused-ring (bicyclic) bond motifs is 1. The van der Waals surface area contributed by atoms with E-state index in [0.29, 0.717) is 17.0 Å². The normalized spacial score (nSPS) is 11.5. The summed E-state index contributed by atoms with van der Waals surface area (Å²) in [6, 6.07) is 24.8. The molecule has 7 nitrogen and oxygen atoms in total. The van der Waals surface area contributed by atoms with Crippen molar-refractivity contribution in [1.29, 1.82) is 5.26 Å². The van der Waals surface area contributed by atoms with Crippen molar-refractivity contribution >= 4 is 22.6 Å². The summed E-state index contributed by atoms with van der Waals surface area (Å²) in [6.07, 6.45) is 0. The zero-order valence-corrected chi connectivity index (χ0v) is 16.3. The van der Waals surface area contributed by atoms with E-state index in [2.05, 4.69) is 9.97 Å². The number of ether oxygens (including phenoxy) is 2. The fourth-order valence-corrected chi connectivity index (χ4v) is 2.95. The molecule has 0 spiro atoms. The van der Waals surface area contributed by atoms with Gasteiger partial charge in [0.1, 0.15) is 35.3 Å². The van der Waals surface area contributed by atoms with Crippen molar-refractivity contribution < 1.29 is 19.4 Å². The van der Waals surface area contributed by atoms with Gasteiger partial charge in [0, 0.05) is 0 Å². The van der Waals surface area contributed by atoms with Crippen LogP contribution >= 0.6 is 0 Å². The molecule has 0 bridgehead atoms. The van der Waals surface area contributed by atoms with Gasteiger partial charge in [0.15, 0.2) is 11.6 Å². The van der Waals surface area contributed by atoms with Gasteiger partial charge >= 0.3 is 5.97 Å². The van der Waals surface area contributed by atoms with Gasteiger partial charge in [0.05, 0.1) is 11.0 Å². The van der Waals surface area contributed by atoms with Gasteiger partial charge in [-0.25, -0.2) is 9.78 Å². The minimum absolute atomic E-state index is 0.0992. The number of imidazole rings is 1. The van der Waals surface area contributed by atoms with E-state index >= 15 is 0 Å². The number of carbonyl (C=O) groups excluding carboxylic acids is 1. The quantitative estimate of drug-likeness (QED) is 0.262. The molecule has 0 aliphatic rings. The van der Waals surface area contributed by atoms with Gasteiger partial charge in [-0.3, -0.25) is 0 Å². The number of hydrogen-bond donors (Lipinski definition) is 2. The van der Waals surface area contributed by atoms with Crippen LogP contribution in [0.15, 0.2) is 84.6 Å². The Bertz CT molecular complexity index is 1270. The molecule has 0 amide bonds. The minimum Gasteiger partial charge on any atom is -0.507 e. The third-order valence-corrected chi connectivity index (χ3v) is 4.44. The molecule has 3 aromatic carbocycles. The standard InChI is InChI=1S/C24H17N3O4/c25-14-18(23-26-19-11-5-6-12-20(19)27-23)21(28)15-30-24(29)17-10-4-7-13-22(17)31-16-8-2-1-3-9-16/h1-13,28H,15H2,(H,26,27). The van der Waals surface area contributed by atoms with Crippen LogP contribution in [-0.2, 0) is 4.74 Å². The molecule has 0 atom stereocenters. The van der Waals surface area contributed by atoms with Crippen molar-refractivity contribution in [2.24, 2.45) is 0 Å². The van der Waals surface area contributed by atoms with Crippen LogP contribution in [0.25, 0.3) is 16.6 Å². The molecule has 0 aliphatic carbocycles. The second-order valence-electron chi connectivity index (χ2n) is 6.52. The highest BCUT2D eigenvalue weighted by Gasteiger charge is 2.18. The highest BCUT2D eigenvalue weighted by molar-refractivity contribution is 5.93. The number of aromatic amines is 1. The smallest absolute Gasteiger partial charge is 0.342 e. The number of para-hydroxylation sites is 4. The van der Waals surface area contributed by atoms with E-state index in [4.69, 9.17) is 9.47 Å². The summed E-state index contributed by atoms with van der Waals surface area (Å²) in [7, 11) is 0. The molecule has 0 fully saturated rings. The SMILES string of the molecule is N#CC(=C(O)COC(=O)c1ccccc1Oc1ccccc1)c1nc2ccccc2[nH]1. The third-order valence-electron chi connectivity index (χ3n) is 4.44. The Morgan fingerprint density at radius 3 is 2.48 bits per heavy atom. The summed E-state index contributed by atoms with van der Waals surface area (Å²) in [4.78, 5) is 19.9. The summed E-state index contributed by atoms with van der Waals surface area (Å²) in [5.41, 5.74) is 1.48. The lowest BCUT2D eigenvalue weighted by molar-refractivity contribution is 0.0500. The van der Waals surface area contributed by atoms with Crippen molar-refractivity contribution in [3.8, 4) is 17.6 Å². The summed E-state index contributed by atoms with van der Waals surface area (Å²) in [5, 5.41) is 19.9. The van der Waals surface area contributed by atoms with Gasteiger partial charge in [0.25, 0.3) is 0 Å². The van der Waals surface area contributed by atoms with Gasteiger partial charge in [-0.05, 0) is 36.4 Å². The minimum atomic E-state index is -0.694. The van der Waals surface area contributed by atoms with Gasteiger partial charge in [0.2, 0.25) is 0 Å². The molecule has 0 unspecified atom stereocenters. The number of benzene rings is 3. The number of nitriles is 1. The molecule has 1 aromatic heterocycles. The van der Waals surface area contributed by atoms with E-state index in [9.17, 15) is 15.2 Å². The first-order chi connectivity index (χ1) is 15.2. The molecular weight excluding hydrogens is 394 g/mol. The summed E-state index contributed by atoms with van der Waals surface area (Å²) >= 11 is 0. The Balaban J connectivity index is 1.52. The average Bonchev–Trinajstić information content (AvgIpc) is 3.23. The van der Waals surface area contributed by atoms with Crippen LogP contribution in [0, 0.1) is 11.3 Å². The number of esters is 1. The zero-order chi connectivity index (χ0) is 21.6. The highest BCUT2D eigenvalue weighted by atomic mass is 16.5.